The molecule has 1 fully saturated rings. The highest BCUT2D eigenvalue weighted by Crippen LogP contribution is 2.27. The molecule has 1 aromatic carbocycles. The van der Waals surface area contributed by atoms with E-state index in [0.29, 0.717) is 42.2 Å². The van der Waals surface area contributed by atoms with Gasteiger partial charge in [-0.05, 0) is 23.6 Å². The Labute approximate surface area is 162 Å². The van der Waals surface area contributed by atoms with Gasteiger partial charge in [-0.15, -0.1) is 0 Å². The van der Waals surface area contributed by atoms with Crippen molar-refractivity contribution in [1.29, 1.82) is 0 Å². The smallest absolute Gasteiger partial charge is 0.260 e. The molecule has 0 saturated carbocycles. The van der Waals surface area contributed by atoms with Crippen LogP contribution in [0.25, 0.3) is 11.5 Å². The van der Waals surface area contributed by atoms with Crippen LogP contribution in [0.5, 0.6) is 5.75 Å². The Morgan fingerprint density at radius 1 is 1.25 bits per heavy atom. The van der Waals surface area contributed by atoms with Crippen molar-refractivity contribution < 1.29 is 14.1 Å². The fourth-order valence-electron chi connectivity index (χ4n) is 2.94. The van der Waals surface area contributed by atoms with Crippen molar-refractivity contribution in [3.8, 4) is 17.3 Å². The number of carbonyl (C=O) groups is 1. The first-order chi connectivity index (χ1) is 13.6. The molecule has 0 spiro atoms. The normalized spacial score (nSPS) is 14.2. The summed E-state index contributed by atoms with van der Waals surface area (Å²) in [5.41, 5.74) is 1.80. The molecule has 1 amide bonds. The molecule has 0 radical (unpaired) electrons. The number of hydrogen-bond donors (Lipinski definition) is 0. The largest absolute Gasteiger partial charge is 0.484 e. The number of rotatable bonds is 6. The minimum absolute atomic E-state index is 0.0163. The maximum atomic E-state index is 12.3. The average Bonchev–Trinajstić information content (AvgIpc) is 3.16. The van der Waals surface area contributed by atoms with Crippen LogP contribution in [0.3, 0.4) is 0 Å². The highest BCUT2D eigenvalue weighted by molar-refractivity contribution is 5.78. The molecule has 0 unspecified atom stereocenters. The molecule has 1 saturated heterocycles. The molecule has 3 aromatic rings. The number of carbonyl (C=O) groups excluding carboxylic acids is 1. The summed E-state index contributed by atoms with van der Waals surface area (Å²) in [6.07, 6.45) is 4.74. The Kier molecular flexibility index (Phi) is 5.01. The molecule has 144 valence electrons. The van der Waals surface area contributed by atoms with E-state index in [2.05, 4.69) is 34.0 Å². The van der Waals surface area contributed by atoms with Gasteiger partial charge < -0.3 is 14.2 Å². The molecular weight excluding hydrogens is 358 g/mol. The Hall–Kier alpha value is -3.29. The lowest BCUT2D eigenvalue weighted by atomic mass is 10.0. The maximum absolute atomic E-state index is 12.3. The Morgan fingerprint density at radius 3 is 2.71 bits per heavy atom. The van der Waals surface area contributed by atoms with Crippen molar-refractivity contribution in [2.75, 3.05) is 19.7 Å². The first-order valence-electron chi connectivity index (χ1n) is 9.20. The standard InChI is InChI=1S/C20H21N5O3/c1-13(2)14-3-5-16(6-4-14)27-12-18(26)25-10-15(11-25)20-23-19(24-28-20)17-9-21-7-8-22-17/h3-9,13,15H,10-12H2,1-2H3. The van der Waals surface area contributed by atoms with E-state index in [1.165, 1.54) is 5.56 Å². The van der Waals surface area contributed by atoms with Crippen molar-refractivity contribution in [2.24, 2.45) is 0 Å². The third-order valence-electron chi connectivity index (χ3n) is 4.73. The number of likely N-dealkylation sites (tertiary alicyclic amines) is 1. The SMILES string of the molecule is CC(C)c1ccc(OCC(=O)N2CC(c3nc(-c4cnccn4)no3)C2)cc1. The van der Waals surface area contributed by atoms with Gasteiger partial charge in [-0.2, -0.15) is 4.98 Å². The van der Waals surface area contributed by atoms with Gasteiger partial charge in [0.2, 0.25) is 11.7 Å². The molecule has 2 aromatic heterocycles. The van der Waals surface area contributed by atoms with E-state index in [1.54, 1.807) is 23.5 Å². The molecular formula is C20H21N5O3. The number of hydrogen-bond acceptors (Lipinski definition) is 7. The minimum atomic E-state index is -0.0575. The third-order valence-corrected chi connectivity index (χ3v) is 4.73. The zero-order valence-corrected chi connectivity index (χ0v) is 15.8. The summed E-state index contributed by atoms with van der Waals surface area (Å²) in [7, 11) is 0. The average molecular weight is 379 g/mol. The molecule has 8 heteroatoms. The van der Waals surface area contributed by atoms with E-state index in [4.69, 9.17) is 9.26 Å². The van der Waals surface area contributed by atoms with Crippen LogP contribution in [0.2, 0.25) is 0 Å². The van der Waals surface area contributed by atoms with Crippen molar-refractivity contribution >= 4 is 5.91 Å². The number of benzene rings is 1. The van der Waals surface area contributed by atoms with Crippen LogP contribution >= 0.6 is 0 Å². The predicted octanol–water partition coefficient (Wildman–Crippen LogP) is 2.65. The van der Waals surface area contributed by atoms with Gasteiger partial charge in [0.25, 0.3) is 5.91 Å². The fourth-order valence-corrected chi connectivity index (χ4v) is 2.94. The van der Waals surface area contributed by atoms with E-state index < -0.39 is 0 Å². The minimum Gasteiger partial charge on any atom is -0.484 e. The van der Waals surface area contributed by atoms with Gasteiger partial charge in [0.1, 0.15) is 11.4 Å². The summed E-state index contributed by atoms with van der Waals surface area (Å²) in [6.45, 7) is 5.37. The zero-order valence-electron chi connectivity index (χ0n) is 15.8. The maximum Gasteiger partial charge on any atom is 0.260 e. The molecule has 3 heterocycles. The second-order valence-corrected chi connectivity index (χ2v) is 7.05. The van der Waals surface area contributed by atoms with Gasteiger partial charge in [-0.3, -0.25) is 9.78 Å². The molecule has 0 N–H and O–H groups in total. The quantitative estimate of drug-likeness (QED) is 0.650. The van der Waals surface area contributed by atoms with Crippen molar-refractivity contribution in [3.05, 3.63) is 54.3 Å². The molecule has 1 aliphatic heterocycles. The Bertz CT molecular complexity index is 934. The molecule has 4 rings (SSSR count). The molecule has 0 atom stereocenters. The topological polar surface area (TPSA) is 94.2 Å². The summed E-state index contributed by atoms with van der Waals surface area (Å²) in [6, 6.07) is 7.84. The van der Waals surface area contributed by atoms with Crippen molar-refractivity contribution in [2.45, 2.75) is 25.7 Å². The molecule has 28 heavy (non-hydrogen) atoms. The van der Waals surface area contributed by atoms with Crippen LogP contribution in [0.4, 0.5) is 0 Å². The highest BCUT2D eigenvalue weighted by atomic mass is 16.5. The van der Waals surface area contributed by atoms with Crippen LogP contribution in [0.1, 0.15) is 37.1 Å². The van der Waals surface area contributed by atoms with E-state index in [9.17, 15) is 4.79 Å². The van der Waals surface area contributed by atoms with Gasteiger partial charge in [0.05, 0.1) is 12.1 Å². The fraction of sp³-hybridized carbons (Fsp3) is 0.350. The predicted molar refractivity (Wildman–Crippen MR) is 101 cm³/mol. The number of ether oxygens (including phenoxy) is 1. The summed E-state index contributed by atoms with van der Waals surface area (Å²) >= 11 is 0. The van der Waals surface area contributed by atoms with Crippen molar-refractivity contribution in [1.82, 2.24) is 25.0 Å². The Balaban J connectivity index is 1.27. The lowest BCUT2D eigenvalue weighted by Gasteiger charge is -2.36. The molecule has 0 aliphatic carbocycles. The van der Waals surface area contributed by atoms with E-state index in [0.717, 1.165) is 0 Å². The van der Waals surface area contributed by atoms with Crippen LogP contribution in [0.15, 0.2) is 47.4 Å². The summed E-state index contributed by atoms with van der Waals surface area (Å²) in [5, 5.41) is 3.94. The number of aromatic nitrogens is 4. The summed E-state index contributed by atoms with van der Waals surface area (Å²) in [5.74, 6) is 2.05. The van der Waals surface area contributed by atoms with Crippen LogP contribution in [-0.4, -0.2) is 50.6 Å². The highest BCUT2D eigenvalue weighted by Gasteiger charge is 2.35. The molecule has 1 aliphatic rings. The molecule has 0 bridgehead atoms. The summed E-state index contributed by atoms with van der Waals surface area (Å²) < 4.78 is 10.9. The van der Waals surface area contributed by atoms with E-state index in [-0.39, 0.29) is 18.4 Å². The first-order valence-corrected chi connectivity index (χ1v) is 9.20. The monoisotopic (exact) mass is 379 g/mol. The second-order valence-electron chi connectivity index (χ2n) is 7.05. The lowest BCUT2D eigenvalue weighted by molar-refractivity contribution is -0.138. The summed E-state index contributed by atoms with van der Waals surface area (Å²) in [4.78, 5) is 26.5. The second kappa shape index (κ2) is 7.75. The van der Waals surface area contributed by atoms with E-state index >= 15 is 0 Å². The number of amides is 1. The van der Waals surface area contributed by atoms with Gasteiger partial charge in [0, 0.05) is 25.5 Å². The van der Waals surface area contributed by atoms with Gasteiger partial charge >= 0.3 is 0 Å². The van der Waals surface area contributed by atoms with E-state index in [1.807, 2.05) is 24.3 Å². The van der Waals surface area contributed by atoms with Crippen LogP contribution in [0, 0.1) is 0 Å². The molecule has 8 nitrogen and oxygen atoms in total. The van der Waals surface area contributed by atoms with Gasteiger partial charge in [-0.1, -0.05) is 31.1 Å². The number of nitrogens with zero attached hydrogens (tertiary/aromatic N) is 5. The van der Waals surface area contributed by atoms with Gasteiger partial charge in [-0.25, -0.2) is 4.98 Å². The lowest BCUT2D eigenvalue weighted by Crippen LogP contribution is -2.50. The zero-order chi connectivity index (χ0) is 19.5. The van der Waals surface area contributed by atoms with Crippen molar-refractivity contribution in [3.63, 3.8) is 0 Å². The first kappa shape index (κ1) is 18.1. The van der Waals surface area contributed by atoms with Crippen LogP contribution in [-0.2, 0) is 4.79 Å². The Morgan fingerprint density at radius 2 is 2.04 bits per heavy atom. The van der Waals surface area contributed by atoms with Crippen LogP contribution < -0.4 is 4.74 Å². The third kappa shape index (κ3) is 3.85. The van der Waals surface area contributed by atoms with Gasteiger partial charge in [0.15, 0.2) is 6.61 Å².